The van der Waals surface area contributed by atoms with E-state index in [0.29, 0.717) is 0 Å². The van der Waals surface area contributed by atoms with E-state index in [9.17, 15) is 0 Å². The van der Waals surface area contributed by atoms with Gasteiger partial charge in [0.05, 0.1) is 11.4 Å². The Labute approximate surface area is 574 Å². The third-order valence-electron chi connectivity index (χ3n) is 20.5. The molecule has 0 atom stereocenters. The molecule has 0 bridgehead atoms. The first-order chi connectivity index (χ1) is 46.6. The number of rotatable bonds is 8. The molecule has 15 aromatic rings. The molecule has 5 nitrogen and oxygen atoms in total. The Hall–Kier alpha value is -10.3. The van der Waals surface area contributed by atoms with Crippen LogP contribution in [0, 0.1) is 0 Å². The van der Waals surface area contributed by atoms with Crippen molar-refractivity contribution in [2.45, 2.75) is 105 Å². The summed E-state index contributed by atoms with van der Waals surface area (Å²) in [4.78, 5) is 7.67. The standard InChI is InChI=1S/C90H78BN3O2S/c1-87(2,3)58-32-39-62(40-33-58)92(63-41-34-59(35-42-63)88(4,5)6)65-45-46-67-70-50-69-71-51-72-66-30-22-23-31-78(66)95-86(72)84-83(71)91(94(76(69)54-81(70)97-80(67)49-65)64-43-36-60(37-44-64)89(7,8)9)74-53-79-73(82(56-26-18-14-19-27-56)85(96-79)57-28-20-15-21-29-57)52-77(74)93(84)75-47-38-61(90(10,11)12)48-68(75)55-24-16-13-17-25-55/h13-54H,1-12H3. The fraction of sp³-hybridized carbons (Fsp3) is 0.178. The van der Waals surface area contributed by atoms with Crippen molar-refractivity contribution >= 4 is 128 Å². The van der Waals surface area contributed by atoms with Crippen molar-refractivity contribution in [3.8, 4) is 44.7 Å². The molecule has 0 aliphatic carbocycles. The third-order valence-corrected chi connectivity index (χ3v) is 21.6. The molecule has 0 radical (unpaired) electrons. The lowest BCUT2D eigenvalue weighted by atomic mass is 9.43. The summed E-state index contributed by atoms with van der Waals surface area (Å²) >= 11 is 1.88. The number of hydrogen-bond donors (Lipinski definition) is 0. The van der Waals surface area contributed by atoms with Crippen LogP contribution in [0.2, 0.25) is 0 Å². The summed E-state index contributed by atoms with van der Waals surface area (Å²) in [5, 5.41) is 5.64. The van der Waals surface area contributed by atoms with Gasteiger partial charge >= 0.3 is 6.85 Å². The number of benzene rings is 12. The number of para-hydroxylation sites is 1. The molecule has 0 saturated heterocycles. The summed E-state index contributed by atoms with van der Waals surface area (Å²) in [5.41, 5.74) is 26.4. The summed E-state index contributed by atoms with van der Waals surface area (Å²) in [7, 11) is 0. The van der Waals surface area contributed by atoms with E-state index in [1.54, 1.807) is 0 Å². The van der Waals surface area contributed by atoms with Crippen molar-refractivity contribution in [1.82, 2.24) is 0 Å². The molecule has 2 aliphatic heterocycles. The molecule has 0 N–H and O–H groups in total. The molecule has 3 aromatic heterocycles. The van der Waals surface area contributed by atoms with Crippen LogP contribution >= 0.6 is 11.3 Å². The fourth-order valence-electron chi connectivity index (χ4n) is 15.2. The van der Waals surface area contributed by atoms with Gasteiger partial charge in [-0.25, -0.2) is 0 Å². The maximum absolute atomic E-state index is 7.51. The Morgan fingerprint density at radius 2 is 0.897 bits per heavy atom. The SMILES string of the molecule is CC(C)(C)c1ccc(N2B3c4cc5oc(-c6ccccc6)c(-c6ccccc6)c5cc4N(c4ccc(C(C)(C)C)cc4-c4ccccc4)c4c3c(cc3c4oc4ccccc43)-c3cc4c(cc32)sc2cc(N(c3ccc(C(C)(C)C)cc3)c3ccc(C(C)(C)C)cc3)ccc24)cc1. The Bertz CT molecular complexity index is 5540. The van der Waals surface area contributed by atoms with E-state index in [-0.39, 0.29) is 28.5 Å². The summed E-state index contributed by atoms with van der Waals surface area (Å²) in [6.45, 7) is 27.2. The van der Waals surface area contributed by atoms with Crippen LogP contribution in [0.1, 0.15) is 105 Å². The van der Waals surface area contributed by atoms with Crippen LogP contribution in [-0.4, -0.2) is 6.85 Å². The average molecular weight is 1280 g/mol. The largest absolute Gasteiger partial charge is 0.455 e. The van der Waals surface area contributed by atoms with Crippen molar-refractivity contribution in [3.05, 3.63) is 277 Å². The van der Waals surface area contributed by atoms with Crippen LogP contribution in [-0.2, 0) is 21.7 Å². The highest BCUT2D eigenvalue weighted by Crippen LogP contribution is 2.56. The van der Waals surface area contributed by atoms with Gasteiger partial charge in [0.15, 0.2) is 5.58 Å². The van der Waals surface area contributed by atoms with E-state index in [1.165, 1.54) is 59.0 Å². The number of thiophene rings is 1. The molecule has 17 rings (SSSR count). The minimum Gasteiger partial charge on any atom is -0.455 e. The van der Waals surface area contributed by atoms with E-state index in [2.05, 4.69) is 352 Å². The summed E-state index contributed by atoms with van der Waals surface area (Å²) in [6, 6.07) is 95.5. The van der Waals surface area contributed by atoms with Gasteiger partial charge in [-0.3, -0.25) is 0 Å². The molecule has 7 heteroatoms. The highest BCUT2D eigenvalue weighted by molar-refractivity contribution is 7.26. The van der Waals surface area contributed by atoms with Gasteiger partial charge in [-0.05, 0) is 169 Å². The quantitative estimate of drug-likeness (QED) is 0.142. The molecule has 97 heavy (non-hydrogen) atoms. The second-order valence-electron chi connectivity index (χ2n) is 30.9. The number of anilines is 8. The van der Waals surface area contributed by atoms with Gasteiger partial charge in [0.25, 0.3) is 0 Å². The lowest BCUT2D eigenvalue weighted by Gasteiger charge is -2.46. The Kier molecular flexibility index (Phi) is 13.8. The van der Waals surface area contributed by atoms with Gasteiger partial charge in [-0.15, -0.1) is 11.3 Å². The van der Waals surface area contributed by atoms with Gasteiger partial charge in [-0.2, -0.15) is 0 Å². The van der Waals surface area contributed by atoms with E-state index < -0.39 is 0 Å². The van der Waals surface area contributed by atoms with Crippen LogP contribution in [0.4, 0.5) is 45.5 Å². The van der Waals surface area contributed by atoms with Crippen LogP contribution < -0.4 is 25.5 Å². The first-order valence-corrected chi connectivity index (χ1v) is 35.1. The molecule has 0 saturated carbocycles. The Morgan fingerprint density at radius 1 is 0.361 bits per heavy atom. The molecule has 474 valence electrons. The normalized spacial score (nSPS) is 13.3. The van der Waals surface area contributed by atoms with Crippen molar-refractivity contribution in [2.75, 3.05) is 14.6 Å². The predicted molar refractivity (Wildman–Crippen MR) is 416 cm³/mol. The van der Waals surface area contributed by atoms with Crippen LogP contribution in [0.3, 0.4) is 0 Å². The molecular formula is C90H78BN3O2S. The lowest BCUT2D eigenvalue weighted by molar-refractivity contribution is 0.590. The molecule has 0 spiro atoms. The summed E-state index contributed by atoms with van der Waals surface area (Å²) < 4.78 is 17.4. The average Bonchev–Trinajstić information content (AvgIpc) is 1.67. The zero-order valence-corrected chi connectivity index (χ0v) is 58.2. The molecule has 12 aromatic carbocycles. The van der Waals surface area contributed by atoms with E-state index in [4.69, 9.17) is 8.83 Å². The van der Waals surface area contributed by atoms with Crippen molar-refractivity contribution in [1.29, 1.82) is 0 Å². The van der Waals surface area contributed by atoms with Gasteiger partial charge in [0.1, 0.15) is 16.9 Å². The second-order valence-corrected chi connectivity index (χ2v) is 32.0. The Morgan fingerprint density at radius 3 is 1.52 bits per heavy atom. The van der Waals surface area contributed by atoms with Gasteiger partial charge in [-0.1, -0.05) is 241 Å². The van der Waals surface area contributed by atoms with E-state index >= 15 is 0 Å². The molecule has 2 aliphatic rings. The van der Waals surface area contributed by atoms with Crippen LogP contribution in [0.15, 0.2) is 264 Å². The summed E-state index contributed by atoms with van der Waals surface area (Å²) in [6.07, 6.45) is 0. The smallest absolute Gasteiger partial charge is 0.333 e. The van der Waals surface area contributed by atoms with Gasteiger partial charge in [0, 0.05) is 92.7 Å². The van der Waals surface area contributed by atoms with Gasteiger partial charge < -0.3 is 23.4 Å². The first kappa shape index (κ1) is 60.3. The fourth-order valence-corrected chi connectivity index (χ4v) is 16.4. The molecule has 0 fully saturated rings. The van der Waals surface area contributed by atoms with Crippen LogP contribution in [0.5, 0.6) is 0 Å². The second kappa shape index (κ2) is 22.1. The molecule has 0 amide bonds. The minimum absolute atomic E-state index is 0.0224. The lowest BCUT2D eigenvalue weighted by Crippen LogP contribution is -2.61. The molecule has 5 heterocycles. The monoisotopic (exact) mass is 1280 g/mol. The highest BCUT2D eigenvalue weighted by Gasteiger charge is 2.48. The zero-order valence-electron chi connectivity index (χ0n) is 57.4. The van der Waals surface area contributed by atoms with Gasteiger partial charge in [0.2, 0.25) is 0 Å². The molecule has 0 unspecified atom stereocenters. The third kappa shape index (κ3) is 10.0. The van der Waals surface area contributed by atoms with Crippen molar-refractivity contribution in [2.24, 2.45) is 0 Å². The Balaban J connectivity index is 0.982. The molecular weight excluding hydrogens is 1200 g/mol. The maximum atomic E-state index is 7.51. The number of fused-ring (bicyclic) bond motifs is 12. The van der Waals surface area contributed by atoms with Crippen LogP contribution in [0.25, 0.3) is 97.8 Å². The highest BCUT2D eigenvalue weighted by atomic mass is 32.1. The van der Waals surface area contributed by atoms with Crippen molar-refractivity contribution in [3.63, 3.8) is 0 Å². The maximum Gasteiger partial charge on any atom is 0.333 e. The van der Waals surface area contributed by atoms with E-state index in [1.807, 2.05) is 11.3 Å². The van der Waals surface area contributed by atoms with Crippen molar-refractivity contribution < 1.29 is 8.83 Å². The predicted octanol–water partition coefficient (Wildman–Crippen LogP) is 25.1. The zero-order chi connectivity index (χ0) is 66.6. The number of hydrogen-bond acceptors (Lipinski definition) is 6. The van der Waals surface area contributed by atoms with E-state index in [0.717, 1.165) is 117 Å². The summed E-state index contributed by atoms with van der Waals surface area (Å²) in [5.74, 6) is 0.840. The topological polar surface area (TPSA) is 36.0 Å². The number of furan rings is 2. The minimum atomic E-state index is -0.368. The first-order valence-electron chi connectivity index (χ1n) is 34.2. The number of nitrogens with zero attached hydrogens (tertiary/aromatic N) is 3.